The maximum absolute atomic E-state index is 12.6. The van der Waals surface area contributed by atoms with Gasteiger partial charge in [-0.05, 0) is 19.9 Å². The largest absolute Gasteiger partial charge is 0.377 e. The Labute approximate surface area is 121 Å². The summed E-state index contributed by atoms with van der Waals surface area (Å²) in [5.74, 6) is 0.627. The highest BCUT2D eigenvalue weighted by atomic mass is 16.5. The van der Waals surface area contributed by atoms with E-state index >= 15 is 0 Å². The Bertz CT molecular complexity index is 756. The summed E-state index contributed by atoms with van der Waals surface area (Å²) in [5.41, 5.74) is 5.70. The third kappa shape index (κ3) is 2.52. The number of ether oxygens (including phenoxy) is 1. The molecule has 0 unspecified atom stereocenters. The van der Waals surface area contributed by atoms with E-state index < -0.39 is 0 Å². The van der Waals surface area contributed by atoms with Crippen molar-refractivity contribution in [2.45, 2.75) is 33.0 Å². The number of imidazole rings is 1. The van der Waals surface area contributed by atoms with Crippen LogP contribution in [0, 0.1) is 0 Å². The lowest BCUT2D eigenvalue weighted by atomic mass is 10.4. The first-order valence-electron chi connectivity index (χ1n) is 6.94. The summed E-state index contributed by atoms with van der Waals surface area (Å²) in [6.07, 6.45) is 0.719. The molecule has 21 heavy (non-hydrogen) atoms. The van der Waals surface area contributed by atoms with Gasteiger partial charge >= 0.3 is 5.69 Å². The van der Waals surface area contributed by atoms with Gasteiger partial charge in [-0.15, -0.1) is 0 Å². The number of nitrogens with zero attached hydrogens (tertiary/aromatic N) is 4. The number of fused-ring (bicyclic) bond motifs is 1. The van der Waals surface area contributed by atoms with Crippen LogP contribution in [0.3, 0.4) is 0 Å². The van der Waals surface area contributed by atoms with E-state index in [0.29, 0.717) is 36.6 Å². The molecule has 0 amide bonds. The number of aryl methyl sites for hydroxylation is 2. The van der Waals surface area contributed by atoms with Gasteiger partial charge in [-0.25, -0.2) is 9.78 Å². The van der Waals surface area contributed by atoms with Crippen molar-refractivity contribution in [3.05, 3.63) is 26.7 Å². The summed E-state index contributed by atoms with van der Waals surface area (Å²) in [5, 5.41) is 0. The van der Waals surface area contributed by atoms with Crippen molar-refractivity contribution >= 4 is 11.2 Å². The van der Waals surface area contributed by atoms with Crippen LogP contribution in [-0.2, 0) is 31.5 Å². The fourth-order valence-corrected chi connectivity index (χ4v) is 2.43. The predicted octanol–water partition coefficient (Wildman–Crippen LogP) is -0.588. The van der Waals surface area contributed by atoms with Crippen LogP contribution in [0.1, 0.15) is 19.2 Å². The van der Waals surface area contributed by atoms with Gasteiger partial charge in [-0.2, -0.15) is 0 Å². The molecule has 0 saturated carbocycles. The Hall–Kier alpha value is -1.93. The first-order chi connectivity index (χ1) is 10.1. The van der Waals surface area contributed by atoms with Gasteiger partial charge < -0.3 is 15.0 Å². The highest BCUT2D eigenvalue weighted by Gasteiger charge is 2.19. The third-order valence-corrected chi connectivity index (χ3v) is 3.49. The van der Waals surface area contributed by atoms with Crippen LogP contribution in [0.4, 0.5) is 0 Å². The first-order valence-corrected chi connectivity index (χ1v) is 6.94. The standard InChI is InChI=1S/C13H21N5O3/c1-4-17-12(19)10-11(16(2)13(17)20)15-9(8-21-3)18(10)7-5-6-14/h4-8,14H2,1-3H3. The quantitative estimate of drug-likeness (QED) is 0.768. The minimum absolute atomic E-state index is 0.277. The van der Waals surface area contributed by atoms with Crippen molar-refractivity contribution in [3.8, 4) is 0 Å². The fraction of sp³-hybridized carbons (Fsp3) is 0.615. The van der Waals surface area contributed by atoms with Crippen LogP contribution in [0.25, 0.3) is 11.2 Å². The van der Waals surface area contributed by atoms with Crippen LogP contribution in [-0.4, -0.2) is 32.3 Å². The van der Waals surface area contributed by atoms with E-state index in [-0.39, 0.29) is 17.9 Å². The highest BCUT2D eigenvalue weighted by molar-refractivity contribution is 5.71. The summed E-state index contributed by atoms with van der Waals surface area (Å²) < 4.78 is 9.55. The Morgan fingerprint density at radius 1 is 1.29 bits per heavy atom. The van der Waals surface area contributed by atoms with E-state index in [1.54, 1.807) is 25.6 Å². The number of hydrogen-bond donors (Lipinski definition) is 1. The Morgan fingerprint density at radius 3 is 2.57 bits per heavy atom. The lowest BCUT2D eigenvalue weighted by Crippen LogP contribution is -2.39. The van der Waals surface area contributed by atoms with Gasteiger partial charge in [0.1, 0.15) is 12.4 Å². The van der Waals surface area contributed by atoms with Crippen LogP contribution in [0.5, 0.6) is 0 Å². The van der Waals surface area contributed by atoms with E-state index in [4.69, 9.17) is 10.5 Å². The molecule has 0 aliphatic carbocycles. The van der Waals surface area contributed by atoms with Crippen molar-refractivity contribution in [3.63, 3.8) is 0 Å². The molecule has 0 aromatic carbocycles. The van der Waals surface area contributed by atoms with Crippen molar-refractivity contribution in [1.29, 1.82) is 0 Å². The van der Waals surface area contributed by atoms with Crippen LogP contribution in [0.15, 0.2) is 9.59 Å². The number of aromatic nitrogens is 4. The molecule has 2 aromatic rings. The predicted molar refractivity (Wildman–Crippen MR) is 79.3 cm³/mol. The average molecular weight is 295 g/mol. The van der Waals surface area contributed by atoms with E-state index in [2.05, 4.69) is 4.98 Å². The number of nitrogens with two attached hydrogens (primary N) is 1. The van der Waals surface area contributed by atoms with Crippen molar-refractivity contribution in [2.24, 2.45) is 12.8 Å². The van der Waals surface area contributed by atoms with Crippen LogP contribution < -0.4 is 17.0 Å². The van der Waals surface area contributed by atoms with Crippen LogP contribution in [0.2, 0.25) is 0 Å². The zero-order valence-electron chi connectivity index (χ0n) is 12.6. The maximum atomic E-state index is 12.6. The smallest absolute Gasteiger partial charge is 0.332 e. The molecule has 0 fully saturated rings. The molecule has 0 saturated heterocycles. The molecule has 0 aliphatic heterocycles. The molecule has 0 radical (unpaired) electrons. The lowest BCUT2D eigenvalue weighted by Gasteiger charge is -2.09. The number of hydrogen-bond acceptors (Lipinski definition) is 5. The highest BCUT2D eigenvalue weighted by Crippen LogP contribution is 2.12. The van der Waals surface area contributed by atoms with Gasteiger partial charge in [0.05, 0.1) is 0 Å². The summed E-state index contributed by atoms with van der Waals surface area (Å²) in [6.45, 7) is 3.45. The van der Waals surface area contributed by atoms with Gasteiger partial charge in [0, 0.05) is 27.2 Å². The molecule has 8 nitrogen and oxygen atoms in total. The molecule has 0 aliphatic rings. The Balaban J connectivity index is 2.83. The molecule has 2 heterocycles. The Kier molecular flexibility index (Phi) is 4.59. The zero-order valence-corrected chi connectivity index (χ0v) is 12.6. The SMILES string of the molecule is CCn1c(=O)c2c(nc(COC)n2CCCN)n(C)c1=O. The van der Waals surface area contributed by atoms with E-state index in [1.807, 2.05) is 0 Å². The molecule has 0 bridgehead atoms. The molecule has 0 atom stereocenters. The number of methoxy groups -OCH3 is 1. The summed E-state index contributed by atoms with van der Waals surface area (Å²) in [6, 6.07) is 0. The summed E-state index contributed by atoms with van der Waals surface area (Å²) in [7, 11) is 3.18. The van der Waals surface area contributed by atoms with Gasteiger partial charge in [0.2, 0.25) is 0 Å². The summed E-state index contributed by atoms with van der Waals surface area (Å²) in [4.78, 5) is 29.1. The van der Waals surface area contributed by atoms with Crippen molar-refractivity contribution < 1.29 is 4.74 Å². The van der Waals surface area contributed by atoms with Crippen molar-refractivity contribution in [1.82, 2.24) is 18.7 Å². The second-order valence-corrected chi connectivity index (χ2v) is 4.82. The van der Waals surface area contributed by atoms with E-state index in [1.165, 1.54) is 9.13 Å². The summed E-state index contributed by atoms with van der Waals surface area (Å²) >= 11 is 0. The third-order valence-electron chi connectivity index (χ3n) is 3.49. The Morgan fingerprint density at radius 2 is 2.00 bits per heavy atom. The van der Waals surface area contributed by atoms with Gasteiger partial charge in [-0.3, -0.25) is 13.9 Å². The lowest BCUT2D eigenvalue weighted by molar-refractivity contribution is 0.174. The van der Waals surface area contributed by atoms with E-state index in [0.717, 1.165) is 6.42 Å². The molecule has 2 aromatic heterocycles. The van der Waals surface area contributed by atoms with Gasteiger partial charge in [0.25, 0.3) is 5.56 Å². The molecule has 2 rings (SSSR count). The van der Waals surface area contributed by atoms with Gasteiger partial charge in [0.15, 0.2) is 11.2 Å². The van der Waals surface area contributed by atoms with Crippen molar-refractivity contribution in [2.75, 3.05) is 13.7 Å². The molecule has 2 N–H and O–H groups in total. The zero-order chi connectivity index (χ0) is 15.6. The minimum Gasteiger partial charge on any atom is -0.377 e. The minimum atomic E-state index is -0.359. The van der Waals surface area contributed by atoms with Gasteiger partial charge in [-0.1, -0.05) is 0 Å². The van der Waals surface area contributed by atoms with Crippen LogP contribution >= 0.6 is 0 Å². The molecule has 8 heteroatoms. The molecule has 116 valence electrons. The molecular formula is C13H21N5O3. The molecular weight excluding hydrogens is 274 g/mol. The first kappa shape index (κ1) is 15.5. The number of rotatable bonds is 6. The average Bonchev–Trinajstić information content (AvgIpc) is 2.82. The monoisotopic (exact) mass is 295 g/mol. The second-order valence-electron chi connectivity index (χ2n) is 4.82. The second kappa shape index (κ2) is 6.23. The van der Waals surface area contributed by atoms with E-state index in [9.17, 15) is 9.59 Å². The molecule has 0 spiro atoms. The normalized spacial score (nSPS) is 11.4. The topological polar surface area (TPSA) is 97.1 Å². The maximum Gasteiger partial charge on any atom is 0.332 e. The fourth-order valence-electron chi connectivity index (χ4n) is 2.43.